The quantitative estimate of drug-likeness (QED) is 0.0650. The van der Waals surface area contributed by atoms with E-state index in [-0.39, 0.29) is 37.0 Å². The Morgan fingerprint density at radius 1 is 0.892 bits per heavy atom. The summed E-state index contributed by atoms with van der Waals surface area (Å²) in [5.41, 5.74) is -3.25. The number of nitrogens with zero attached hydrogens (tertiary/aromatic N) is 1. The van der Waals surface area contributed by atoms with Gasteiger partial charge in [-0.2, -0.15) is 0 Å². The minimum absolute atomic E-state index is 0.107. The van der Waals surface area contributed by atoms with Gasteiger partial charge in [-0.15, -0.1) is 0 Å². The molecule has 0 amide bonds. The predicted molar refractivity (Wildman–Crippen MR) is 247 cm³/mol. The molecule has 4 aliphatic rings. The largest absolute Gasteiger partial charge is 0.456 e. The van der Waals surface area contributed by atoms with E-state index in [2.05, 4.69) is 0 Å². The summed E-state index contributed by atoms with van der Waals surface area (Å²) in [6, 6.07) is 16.6. The van der Waals surface area contributed by atoms with E-state index in [4.69, 9.17) is 37.5 Å². The Labute approximate surface area is 384 Å². The second-order valence-corrected chi connectivity index (χ2v) is 29.0. The van der Waals surface area contributed by atoms with Gasteiger partial charge in [0.25, 0.3) is 0 Å². The molecule has 0 radical (unpaired) electrons. The van der Waals surface area contributed by atoms with Crippen molar-refractivity contribution >= 4 is 52.5 Å². The summed E-state index contributed by atoms with van der Waals surface area (Å²) in [6.07, 6.45) is -4.54. The van der Waals surface area contributed by atoms with E-state index in [1.165, 1.54) is 13.8 Å². The Balaban J connectivity index is 1.58. The third-order valence-electron chi connectivity index (χ3n) is 12.9. The van der Waals surface area contributed by atoms with Crippen LogP contribution >= 0.6 is 0 Å². The molecule has 65 heavy (non-hydrogen) atoms. The Bertz CT molecular complexity index is 2230. The van der Waals surface area contributed by atoms with Crippen molar-refractivity contribution in [1.29, 1.82) is 0 Å². The first-order valence-electron chi connectivity index (χ1n) is 22.3. The van der Waals surface area contributed by atoms with Gasteiger partial charge in [-0.05, 0) is 101 Å². The van der Waals surface area contributed by atoms with Gasteiger partial charge in [0.2, 0.25) is 0 Å². The number of hydrogen-bond donors (Lipinski definition) is 1. The number of fused-ring (bicyclic) bond motifs is 5. The molecule has 2 unspecified atom stereocenters. The van der Waals surface area contributed by atoms with Crippen LogP contribution in [-0.2, 0) is 51.7 Å². The zero-order valence-corrected chi connectivity index (χ0v) is 41.7. The fourth-order valence-corrected chi connectivity index (χ4v) is 12.1. The molecule has 3 fully saturated rings. The number of carbonyl (C=O) groups is 5. The zero-order chi connectivity index (χ0) is 47.9. The smallest absolute Gasteiger partial charge is 0.338 e. The Hall–Kier alpha value is -4.59. The maximum Gasteiger partial charge on any atom is 0.338 e. The summed E-state index contributed by atoms with van der Waals surface area (Å²) in [5.74, 6) is -5.01. The van der Waals surface area contributed by atoms with Crippen molar-refractivity contribution in [3.8, 4) is 0 Å². The normalized spacial score (nSPS) is 31.3. The lowest BCUT2D eigenvalue weighted by molar-refractivity contribution is -0.339. The molecule has 11 atom stereocenters. The van der Waals surface area contributed by atoms with Crippen molar-refractivity contribution in [2.75, 3.05) is 6.61 Å². The maximum atomic E-state index is 15.9. The van der Waals surface area contributed by atoms with Gasteiger partial charge in [-0.3, -0.25) is 19.4 Å². The number of esters is 4. The SMILES string of the molecule is C/C=C(\C)C=N[C@@H](c1ccccc1)[C@@H](O[Si](C)(C)C)C(=O)O[C@H]1C[C@]2(O)CC(=C1C)[C@@H](OC(C)=O)C(=O)[C@@]1(C)C(C2OC(=O)c2ccccc2)[C@]2(OC(C)=O)CO[C@@H]2C[C@@H]1O[Si](C)(C)C. The van der Waals surface area contributed by atoms with Crippen molar-refractivity contribution < 1.29 is 61.6 Å². The number of allylic oxidation sites excluding steroid dienone is 2. The molecule has 2 bridgehead atoms. The summed E-state index contributed by atoms with van der Waals surface area (Å²) in [6.45, 7) is 21.1. The lowest BCUT2D eigenvalue weighted by Crippen LogP contribution is -2.80. The fraction of sp³-hybridized carbons (Fsp3) is 0.551. The predicted octanol–water partition coefficient (Wildman–Crippen LogP) is 7.43. The van der Waals surface area contributed by atoms with E-state index in [1.54, 1.807) is 50.4 Å². The van der Waals surface area contributed by atoms with Gasteiger partial charge >= 0.3 is 23.9 Å². The van der Waals surface area contributed by atoms with Crippen LogP contribution in [0.3, 0.4) is 0 Å². The number of Topliss-reactive ketones (excluding diaryl/α,β-unsaturated/α-hetero) is 1. The van der Waals surface area contributed by atoms with E-state index in [0.717, 1.165) is 5.57 Å². The summed E-state index contributed by atoms with van der Waals surface area (Å²) in [4.78, 5) is 76.6. The lowest BCUT2D eigenvalue weighted by atomic mass is 9.48. The van der Waals surface area contributed by atoms with Crippen molar-refractivity contribution in [1.82, 2.24) is 0 Å². The van der Waals surface area contributed by atoms with Crippen LogP contribution in [0.5, 0.6) is 0 Å². The number of aliphatic hydroxyl groups is 1. The van der Waals surface area contributed by atoms with Crippen LogP contribution in [0, 0.1) is 11.3 Å². The molecule has 2 aromatic carbocycles. The average molecular weight is 932 g/mol. The number of hydrogen-bond acceptors (Lipinski definition) is 14. The van der Waals surface area contributed by atoms with Gasteiger partial charge < -0.3 is 37.6 Å². The number of ketones is 1. The van der Waals surface area contributed by atoms with Gasteiger partial charge in [0.1, 0.15) is 30.0 Å². The molecule has 1 N–H and O–H groups in total. The van der Waals surface area contributed by atoms with E-state index in [0.29, 0.717) is 11.1 Å². The first kappa shape index (κ1) is 49.8. The lowest BCUT2D eigenvalue weighted by Gasteiger charge is -2.66. The standard InChI is InChI=1S/C49H65NO13Si2/c1-13-29(2)27-50-39(33-20-16-14-17-21-33)41(63-65(10,11)12)46(55)59-36-26-48(56)25-35(30(36)3)40(58-31(4)51)43(53)47(6)37(62-64(7,8)9)24-38-49(28-57-38,61-32(5)52)42(47)44(48)60-45(54)34-22-18-15-19-23-34/h13-23,27,36-42,44,56H,24-26,28H2,1-12H3/b29-13+,50-27?/t36-,37-,38+,39-,40+,41+,42?,44?,47+,48+,49-/m0/s1. The molecule has 14 nitrogen and oxygen atoms in total. The number of carbonyl (C=O) groups excluding carboxylic acids is 5. The second-order valence-electron chi connectivity index (χ2n) is 20.0. The minimum atomic E-state index is -2.53. The first-order valence-corrected chi connectivity index (χ1v) is 29.1. The van der Waals surface area contributed by atoms with Crippen LogP contribution in [0.15, 0.2) is 88.5 Å². The van der Waals surface area contributed by atoms with E-state index in [1.807, 2.05) is 89.5 Å². The summed E-state index contributed by atoms with van der Waals surface area (Å²) >= 11 is 0. The van der Waals surface area contributed by atoms with Crippen LogP contribution in [0.25, 0.3) is 0 Å². The third kappa shape index (κ3) is 10.4. The van der Waals surface area contributed by atoms with Gasteiger partial charge in [0.15, 0.2) is 40.2 Å². The average Bonchev–Trinajstić information content (AvgIpc) is 3.22. The van der Waals surface area contributed by atoms with E-state index < -0.39 is 111 Å². The molecule has 2 saturated carbocycles. The van der Waals surface area contributed by atoms with Crippen LogP contribution in [0.4, 0.5) is 0 Å². The Morgan fingerprint density at radius 2 is 1.52 bits per heavy atom. The topological polar surface area (TPSA) is 183 Å². The fourth-order valence-electron chi connectivity index (χ4n) is 9.91. The molecular formula is C49H65NO13Si2. The number of benzene rings is 2. The molecular weight excluding hydrogens is 867 g/mol. The van der Waals surface area contributed by atoms with Crippen LogP contribution in [0.2, 0.25) is 39.3 Å². The van der Waals surface area contributed by atoms with Gasteiger partial charge in [0, 0.05) is 39.3 Å². The summed E-state index contributed by atoms with van der Waals surface area (Å²) < 4.78 is 45.0. The van der Waals surface area contributed by atoms with Gasteiger partial charge in [-0.1, -0.05) is 54.6 Å². The molecule has 352 valence electrons. The number of ether oxygens (including phenoxy) is 5. The van der Waals surface area contributed by atoms with Gasteiger partial charge in [-0.25, -0.2) is 9.59 Å². The highest BCUT2D eigenvalue weighted by molar-refractivity contribution is 6.70. The van der Waals surface area contributed by atoms with Crippen LogP contribution < -0.4 is 0 Å². The van der Waals surface area contributed by atoms with Crippen LogP contribution in [-0.4, -0.2) is 112 Å². The molecule has 16 heteroatoms. The molecule has 2 aromatic rings. The monoisotopic (exact) mass is 931 g/mol. The minimum Gasteiger partial charge on any atom is -0.456 e. The summed E-state index contributed by atoms with van der Waals surface area (Å²) in [5, 5.41) is 13.6. The van der Waals surface area contributed by atoms with Crippen LogP contribution in [0.1, 0.15) is 82.8 Å². The second kappa shape index (κ2) is 19.0. The number of rotatable bonds is 14. The van der Waals surface area contributed by atoms with E-state index >= 15 is 4.79 Å². The highest BCUT2D eigenvalue weighted by atomic mass is 28.4. The number of aliphatic imine (C=N–C) groups is 1. The summed E-state index contributed by atoms with van der Waals surface area (Å²) in [7, 11) is -5.06. The Morgan fingerprint density at radius 3 is 2.06 bits per heavy atom. The third-order valence-corrected chi connectivity index (χ3v) is 14.9. The van der Waals surface area contributed by atoms with Crippen molar-refractivity contribution in [3.63, 3.8) is 0 Å². The molecule has 6 rings (SSSR count). The van der Waals surface area contributed by atoms with Crippen molar-refractivity contribution in [2.24, 2.45) is 16.3 Å². The molecule has 0 spiro atoms. The Kier molecular flexibility index (Phi) is 14.5. The van der Waals surface area contributed by atoms with Gasteiger partial charge in [0.05, 0.1) is 29.6 Å². The highest BCUT2D eigenvalue weighted by Crippen LogP contribution is 2.62. The van der Waals surface area contributed by atoms with E-state index in [9.17, 15) is 24.3 Å². The highest BCUT2D eigenvalue weighted by Gasteiger charge is 2.76. The zero-order valence-electron chi connectivity index (χ0n) is 39.7. The molecule has 3 aliphatic carbocycles. The molecule has 1 heterocycles. The van der Waals surface area contributed by atoms with Crippen molar-refractivity contribution in [2.45, 2.75) is 154 Å². The molecule has 1 aliphatic heterocycles. The molecule has 1 saturated heterocycles. The maximum absolute atomic E-state index is 15.9. The molecule has 0 aromatic heterocycles. The van der Waals surface area contributed by atoms with Crippen molar-refractivity contribution in [3.05, 3.63) is 94.6 Å². The first-order chi connectivity index (χ1) is 30.3.